The number of rotatable bonds is 4. The van der Waals surface area contributed by atoms with Gasteiger partial charge in [0.15, 0.2) is 5.11 Å². The molecule has 1 aliphatic heterocycles. The van der Waals surface area contributed by atoms with Crippen molar-refractivity contribution in [3.8, 4) is 0 Å². The van der Waals surface area contributed by atoms with E-state index in [1.165, 1.54) is 7.11 Å². The van der Waals surface area contributed by atoms with Gasteiger partial charge in [-0.1, -0.05) is 6.08 Å². The van der Waals surface area contributed by atoms with Crippen LogP contribution in [0.3, 0.4) is 0 Å². The van der Waals surface area contributed by atoms with Crippen molar-refractivity contribution in [3.05, 3.63) is 12.7 Å². The molecule has 18 heavy (non-hydrogen) atoms. The highest BCUT2D eigenvalue weighted by atomic mass is 32.1. The van der Waals surface area contributed by atoms with E-state index in [0.29, 0.717) is 24.7 Å². The van der Waals surface area contributed by atoms with Crippen LogP contribution < -0.4 is 10.6 Å². The fourth-order valence-corrected chi connectivity index (χ4v) is 1.96. The van der Waals surface area contributed by atoms with E-state index < -0.39 is 12.0 Å². The number of carbonyl (C=O) groups is 2. The zero-order chi connectivity index (χ0) is 13.5. The highest BCUT2D eigenvalue weighted by molar-refractivity contribution is 7.80. The van der Waals surface area contributed by atoms with Crippen LogP contribution in [0, 0.1) is 0 Å². The van der Waals surface area contributed by atoms with Gasteiger partial charge < -0.3 is 20.3 Å². The molecule has 1 heterocycles. The molecule has 0 unspecified atom stereocenters. The number of hydrogen-bond donors (Lipinski definition) is 2. The SMILES string of the molecule is C=CCNC(=S)N1CCNC(=O)[C@@H]1CC(=O)OC. The van der Waals surface area contributed by atoms with E-state index in [9.17, 15) is 9.59 Å². The van der Waals surface area contributed by atoms with E-state index in [1.807, 2.05) is 0 Å². The van der Waals surface area contributed by atoms with Crippen LogP contribution in [0.1, 0.15) is 6.42 Å². The van der Waals surface area contributed by atoms with Crippen molar-refractivity contribution in [2.75, 3.05) is 26.7 Å². The van der Waals surface area contributed by atoms with E-state index in [2.05, 4.69) is 21.9 Å². The number of nitrogens with zero attached hydrogens (tertiary/aromatic N) is 1. The minimum atomic E-state index is -0.615. The van der Waals surface area contributed by atoms with Gasteiger partial charge in [0, 0.05) is 19.6 Å². The maximum absolute atomic E-state index is 11.8. The summed E-state index contributed by atoms with van der Waals surface area (Å²) in [6, 6.07) is -0.615. The quantitative estimate of drug-likeness (QED) is 0.405. The summed E-state index contributed by atoms with van der Waals surface area (Å²) in [6.45, 7) is 5.17. The Labute approximate surface area is 111 Å². The third kappa shape index (κ3) is 3.69. The van der Waals surface area contributed by atoms with Gasteiger partial charge >= 0.3 is 5.97 Å². The number of hydrogen-bond acceptors (Lipinski definition) is 4. The number of nitrogens with one attached hydrogen (secondary N) is 2. The molecule has 0 aromatic carbocycles. The first-order valence-corrected chi connectivity index (χ1v) is 6.01. The highest BCUT2D eigenvalue weighted by Gasteiger charge is 2.33. The third-order valence-electron chi connectivity index (χ3n) is 2.58. The minimum absolute atomic E-state index is 0.0156. The summed E-state index contributed by atoms with van der Waals surface area (Å²) in [5, 5.41) is 6.10. The minimum Gasteiger partial charge on any atom is -0.469 e. The van der Waals surface area contributed by atoms with Gasteiger partial charge in [-0.05, 0) is 12.2 Å². The molecule has 6 nitrogen and oxygen atoms in total. The van der Waals surface area contributed by atoms with Gasteiger partial charge in [0.1, 0.15) is 6.04 Å². The van der Waals surface area contributed by atoms with E-state index in [4.69, 9.17) is 12.2 Å². The predicted molar refractivity (Wildman–Crippen MR) is 70.9 cm³/mol. The van der Waals surface area contributed by atoms with E-state index in [-0.39, 0.29) is 12.3 Å². The summed E-state index contributed by atoms with van der Waals surface area (Å²) in [4.78, 5) is 24.8. The standard InChI is InChI=1S/C11H17N3O3S/c1-3-4-13-11(18)14-6-5-12-10(16)8(14)7-9(15)17-2/h3,8H,1,4-7H2,2H3,(H,12,16)(H,13,18)/t8-/m0/s1. The molecule has 0 aromatic heterocycles. The molecule has 0 radical (unpaired) electrons. The van der Waals surface area contributed by atoms with Gasteiger partial charge in [-0.15, -0.1) is 6.58 Å². The first-order chi connectivity index (χ1) is 8.60. The van der Waals surface area contributed by atoms with Crippen molar-refractivity contribution in [1.82, 2.24) is 15.5 Å². The molecule has 1 fully saturated rings. The first kappa shape index (κ1) is 14.4. The number of esters is 1. The van der Waals surface area contributed by atoms with Gasteiger partial charge in [-0.2, -0.15) is 0 Å². The molecule has 0 saturated carbocycles. The summed E-state index contributed by atoms with van der Waals surface area (Å²) in [5.41, 5.74) is 0. The maximum Gasteiger partial charge on any atom is 0.308 e. The molecule has 2 N–H and O–H groups in total. The lowest BCUT2D eigenvalue weighted by Crippen LogP contribution is -2.59. The van der Waals surface area contributed by atoms with E-state index in [1.54, 1.807) is 11.0 Å². The van der Waals surface area contributed by atoms with E-state index in [0.717, 1.165) is 0 Å². The molecule has 100 valence electrons. The number of thiocarbonyl (C=S) groups is 1. The van der Waals surface area contributed by atoms with Crippen molar-refractivity contribution in [2.45, 2.75) is 12.5 Å². The molecule has 1 atom stereocenters. The van der Waals surface area contributed by atoms with Crippen molar-refractivity contribution in [3.63, 3.8) is 0 Å². The second kappa shape index (κ2) is 6.95. The molecule has 1 saturated heterocycles. The molecule has 0 aromatic rings. The van der Waals surface area contributed by atoms with Crippen LogP contribution in [0.2, 0.25) is 0 Å². The summed E-state index contributed by atoms with van der Waals surface area (Å²) >= 11 is 5.19. The van der Waals surface area contributed by atoms with Crippen LogP contribution in [-0.4, -0.2) is 54.7 Å². The Morgan fingerprint density at radius 2 is 2.50 bits per heavy atom. The second-order valence-electron chi connectivity index (χ2n) is 3.76. The van der Waals surface area contributed by atoms with Gasteiger partial charge in [0.2, 0.25) is 5.91 Å². The lowest BCUT2D eigenvalue weighted by Gasteiger charge is -2.36. The Morgan fingerprint density at radius 1 is 1.78 bits per heavy atom. The van der Waals surface area contributed by atoms with Crippen molar-refractivity contribution >= 4 is 29.2 Å². The zero-order valence-corrected chi connectivity index (χ0v) is 11.1. The molecule has 1 aliphatic rings. The fourth-order valence-electron chi connectivity index (χ4n) is 1.66. The average Bonchev–Trinajstić information content (AvgIpc) is 2.38. The first-order valence-electron chi connectivity index (χ1n) is 5.60. The molecule has 0 aliphatic carbocycles. The van der Waals surface area contributed by atoms with Crippen LogP contribution in [0.15, 0.2) is 12.7 Å². The Balaban J connectivity index is 2.71. The smallest absolute Gasteiger partial charge is 0.308 e. The topological polar surface area (TPSA) is 70.7 Å². The Morgan fingerprint density at radius 3 is 3.11 bits per heavy atom. The number of methoxy groups -OCH3 is 1. The van der Waals surface area contributed by atoms with Crippen molar-refractivity contribution in [2.24, 2.45) is 0 Å². The fraction of sp³-hybridized carbons (Fsp3) is 0.545. The number of amides is 1. The summed E-state index contributed by atoms with van der Waals surface area (Å²) in [7, 11) is 1.29. The largest absolute Gasteiger partial charge is 0.469 e. The second-order valence-corrected chi connectivity index (χ2v) is 4.14. The highest BCUT2D eigenvalue weighted by Crippen LogP contribution is 2.10. The Hall–Kier alpha value is -1.63. The van der Waals surface area contributed by atoms with Crippen LogP contribution in [-0.2, 0) is 14.3 Å². The van der Waals surface area contributed by atoms with Crippen molar-refractivity contribution in [1.29, 1.82) is 0 Å². The van der Waals surface area contributed by atoms with Crippen LogP contribution in [0.4, 0.5) is 0 Å². The molecule has 1 rings (SSSR count). The Kier molecular flexibility index (Phi) is 5.57. The average molecular weight is 271 g/mol. The lowest BCUT2D eigenvalue weighted by molar-refractivity contribution is -0.144. The molecule has 0 spiro atoms. The lowest BCUT2D eigenvalue weighted by atomic mass is 10.1. The monoisotopic (exact) mass is 271 g/mol. The molecular formula is C11H17N3O3S. The third-order valence-corrected chi connectivity index (χ3v) is 2.96. The van der Waals surface area contributed by atoms with Gasteiger partial charge in [-0.3, -0.25) is 9.59 Å². The Bertz CT molecular complexity index is 359. The normalized spacial score (nSPS) is 18.8. The van der Waals surface area contributed by atoms with Crippen LogP contribution >= 0.6 is 12.2 Å². The number of piperazine rings is 1. The molecular weight excluding hydrogens is 254 g/mol. The van der Waals surface area contributed by atoms with Gasteiger partial charge in [0.05, 0.1) is 13.5 Å². The predicted octanol–water partition coefficient (Wildman–Crippen LogP) is -0.590. The van der Waals surface area contributed by atoms with Gasteiger partial charge in [-0.25, -0.2) is 0 Å². The summed E-state index contributed by atoms with van der Waals surface area (Å²) in [6.07, 6.45) is 1.66. The molecule has 7 heteroatoms. The van der Waals surface area contributed by atoms with Gasteiger partial charge in [0.25, 0.3) is 0 Å². The summed E-state index contributed by atoms with van der Waals surface area (Å²) in [5.74, 6) is -0.650. The molecule has 1 amide bonds. The van der Waals surface area contributed by atoms with E-state index >= 15 is 0 Å². The summed E-state index contributed by atoms with van der Waals surface area (Å²) < 4.78 is 4.59. The van der Waals surface area contributed by atoms with Crippen LogP contribution in [0.25, 0.3) is 0 Å². The zero-order valence-electron chi connectivity index (χ0n) is 10.3. The maximum atomic E-state index is 11.8. The molecule has 0 bridgehead atoms. The number of ether oxygens (including phenoxy) is 1. The van der Waals surface area contributed by atoms with Crippen LogP contribution in [0.5, 0.6) is 0 Å². The number of carbonyl (C=O) groups excluding carboxylic acids is 2. The van der Waals surface area contributed by atoms with Crippen molar-refractivity contribution < 1.29 is 14.3 Å².